The van der Waals surface area contributed by atoms with Crippen LogP contribution in [0, 0.1) is 0 Å². The fourth-order valence-electron chi connectivity index (χ4n) is 7.84. The van der Waals surface area contributed by atoms with Gasteiger partial charge in [-0.2, -0.15) is 0 Å². The second-order valence-corrected chi connectivity index (χ2v) is 16.4. The van der Waals surface area contributed by atoms with Crippen molar-refractivity contribution in [3.63, 3.8) is 0 Å². The van der Waals surface area contributed by atoms with Crippen molar-refractivity contribution in [1.82, 2.24) is 9.97 Å². The van der Waals surface area contributed by atoms with E-state index in [9.17, 15) is 0 Å². The second-order valence-electron chi connectivity index (χ2n) is 14.2. The van der Waals surface area contributed by atoms with Crippen molar-refractivity contribution in [2.45, 2.75) is 0 Å². The van der Waals surface area contributed by atoms with E-state index in [1.165, 1.54) is 62.6 Å². The molecule has 0 fully saturated rings. The molecule has 11 aromatic rings. The molecule has 0 saturated heterocycles. The van der Waals surface area contributed by atoms with Gasteiger partial charge in [0.15, 0.2) is 5.82 Å². The average molecular weight is 749 g/mol. The Morgan fingerprint density at radius 1 is 0.250 bits per heavy atom. The average Bonchev–Trinajstić information content (AvgIpc) is 3.84. The van der Waals surface area contributed by atoms with Crippen LogP contribution in [0.1, 0.15) is 0 Å². The van der Waals surface area contributed by atoms with E-state index in [1.54, 1.807) is 0 Å². The lowest BCUT2D eigenvalue weighted by Crippen LogP contribution is -1.96. The normalized spacial score (nSPS) is 11.6. The van der Waals surface area contributed by atoms with Crippen LogP contribution in [0.25, 0.3) is 108 Å². The third kappa shape index (κ3) is 5.88. The molecule has 0 saturated carbocycles. The topological polar surface area (TPSA) is 25.8 Å². The number of aromatic nitrogens is 2. The van der Waals surface area contributed by atoms with Crippen LogP contribution in [0.15, 0.2) is 194 Å². The van der Waals surface area contributed by atoms with Crippen LogP contribution in [-0.4, -0.2) is 9.97 Å². The lowest BCUT2D eigenvalue weighted by Gasteiger charge is -2.14. The van der Waals surface area contributed by atoms with Gasteiger partial charge in [-0.25, -0.2) is 9.97 Å². The quantitative estimate of drug-likeness (QED) is 0.169. The Morgan fingerprint density at radius 2 is 0.661 bits per heavy atom. The van der Waals surface area contributed by atoms with Crippen LogP contribution >= 0.6 is 22.7 Å². The van der Waals surface area contributed by atoms with Gasteiger partial charge in [0.05, 0.1) is 11.4 Å². The molecule has 0 N–H and O–H groups in total. The van der Waals surface area contributed by atoms with Gasteiger partial charge < -0.3 is 0 Å². The van der Waals surface area contributed by atoms with Crippen LogP contribution in [-0.2, 0) is 0 Å². The first-order valence-electron chi connectivity index (χ1n) is 18.8. The zero-order chi connectivity index (χ0) is 37.0. The third-order valence-electron chi connectivity index (χ3n) is 10.7. The highest BCUT2D eigenvalue weighted by Crippen LogP contribution is 2.41. The van der Waals surface area contributed by atoms with E-state index < -0.39 is 0 Å². The van der Waals surface area contributed by atoms with E-state index >= 15 is 0 Å². The Labute approximate surface area is 332 Å². The van der Waals surface area contributed by atoms with E-state index in [-0.39, 0.29) is 0 Å². The van der Waals surface area contributed by atoms with Gasteiger partial charge in [-0.3, -0.25) is 0 Å². The Morgan fingerprint density at radius 3 is 1.23 bits per heavy atom. The minimum atomic E-state index is 0.703. The fourth-order valence-corrected chi connectivity index (χ4v) is 10.0. The molecule has 262 valence electrons. The maximum absolute atomic E-state index is 5.29. The van der Waals surface area contributed by atoms with Gasteiger partial charge >= 0.3 is 0 Å². The van der Waals surface area contributed by atoms with Crippen LogP contribution in [0.3, 0.4) is 0 Å². The predicted molar refractivity (Wildman–Crippen MR) is 240 cm³/mol. The van der Waals surface area contributed by atoms with Gasteiger partial charge in [-0.05, 0) is 94.0 Å². The summed E-state index contributed by atoms with van der Waals surface area (Å²) in [7, 11) is 0. The van der Waals surface area contributed by atoms with Gasteiger partial charge in [-0.15, -0.1) is 22.7 Å². The van der Waals surface area contributed by atoms with Gasteiger partial charge in [0.2, 0.25) is 0 Å². The molecule has 4 heteroatoms. The van der Waals surface area contributed by atoms with Gasteiger partial charge in [-0.1, -0.05) is 133 Å². The molecule has 0 radical (unpaired) electrons. The van der Waals surface area contributed by atoms with Crippen molar-refractivity contribution in [1.29, 1.82) is 0 Å². The first-order valence-corrected chi connectivity index (χ1v) is 20.4. The molecular weight excluding hydrogens is 717 g/mol. The second kappa shape index (κ2) is 13.5. The molecule has 56 heavy (non-hydrogen) atoms. The SMILES string of the molecule is c1ccc(-c2ccc(-c3cc(-c4cc(-c5ccc6sc7ccccc7c6c5)cc(-c5ccc6sc7ccccc7c6c5)c4)nc(-c4ccccc4)n3)cc2)cc1. The highest BCUT2D eigenvalue weighted by atomic mass is 32.1. The van der Waals surface area contributed by atoms with Gasteiger partial charge in [0.1, 0.15) is 0 Å². The molecule has 11 rings (SSSR count). The number of hydrogen-bond donors (Lipinski definition) is 0. The number of rotatable bonds is 6. The molecule has 0 bridgehead atoms. The van der Waals surface area contributed by atoms with E-state index in [0.717, 1.165) is 39.2 Å². The van der Waals surface area contributed by atoms with Crippen molar-refractivity contribution >= 4 is 63.0 Å². The van der Waals surface area contributed by atoms with Crippen molar-refractivity contribution < 1.29 is 0 Å². The molecule has 0 spiro atoms. The van der Waals surface area contributed by atoms with Crippen LogP contribution in [0.2, 0.25) is 0 Å². The molecule has 0 unspecified atom stereocenters. The van der Waals surface area contributed by atoms with E-state index in [1.807, 2.05) is 40.9 Å². The van der Waals surface area contributed by atoms with E-state index in [4.69, 9.17) is 9.97 Å². The zero-order valence-corrected chi connectivity index (χ0v) is 31.8. The van der Waals surface area contributed by atoms with Crippen molar-refractivity contribution in [3.8, 4) is 67.3 Å². The molecule has 0 aliphatic heterocycles. The van der Waals surface area contributed by atoms with Gasteiger partial charge in [0, 0.05) is 57.0 Å². The lowest BCUT2D eigenvalue weighted by molar-refractivity contribution is 1.18. The number of hydrogen-bond acceptors (Lipinski definition) is 4. The lowest BCUT2D eigenvalue weighted by atomic mass is 9.93. The van der Waals surface area contributed by atoms with Gasteiger partial charge in [0.25, 0.3) is 0 Å². The molecule has 3 heterocycles. The summed E-state index contributed by atoms with van der Waals surface area (Å²) in [6, 6.07) is 69.9. The van der Waals surface area contributed by atoms with Crippen molar-refractivity contribution in [2.24, 2.45) is 0 Å². The highest BCUT2D eigenvalue weighted by molar-refractivity contribution is 7.26. The Bertz CT molecular complexity index is 3100. The summed E-state index contributed by atoms with van der Waals surface area (Å²) in [5.41, 5.74) is 11.9. The largest absolute Gasteiger partial charge is 0.228 e. The summed E-state index contributed by atoms with van der Waals surface area (Å²) in [6.45, 7) is 0. The third-order valence-corrected chi connectivity index (χ3v) is 13.0. The standard InChI is InChI=1S/C52H32N2S2/c1-3-11-33(12-4-1)34-19-21-35(22-20-34)46-32-47(54-52(53-46)36-13-5-2-6-14-36)41-28-39(37-23-25-50-44(30-37)42-15-7-9-17-48(42)55-50)27-40(29-41)38-24-26-51-45(31-38)43-16-8-10-18-49(43)56-51/h1-32H. The minimum absolute atomic E-state index is 0.703. The van der Waals surface area contributed by atoms with Crippen LogP contribution in [0.5, 0.6) is 0 Å². The zero-order valence-electron chi connectivity index (χ0n) is 30.2. The number of benzene rings is 8. The summed E-state index contributed by atoms with van der Waals surface area (Å²) in [5.74, 6) is 0.703. The summed E-state index contributed by atoms with van der Waals surface area (Å²) >= 11 is 3.70. The Kier molecular flexibility index (Phi) is 7.90. The number of nitrogens with zero attached hydrogens (tertiary/aromatic N) is 2. The summed E-state index contributed by atoms with van der Waals surface area (Å²) in [6.07, 6.45) is 0. The first kappa shape index (κ1) is 32.7. The minimum Gasteiger partial charge on any atom is -0.228 e. The number of thiophene rings is 2. The number of fused-ring (bicyclic) bond motifs is 6. The highest BCUT2D eigenvalue weighted by Gasteiger charge is 2.16. The van der Waals surface area contributed by atoms with Crippen LogP contribution < -0.4 is 0 Å². The smallest absolute Gasteiger partial charge is 0.160 e. The maximum Gasteiger partial charge on any atom is 0.160 e. The first-order chi connectivity index (χ1) is 27.7. The summed E-state index contributed by atoms with van der Waals surface area (Å²) in [4.78, 5) is 10.5. The molecule has 2 nitrogen and oxygen atoms in total. The monoisotopic (exact) mass is 748 g/mol. The Hall–Kier alpha value is -6.72. The summed E-state index contributed by atoms with van der Waals surface area (Å²) in [5, 5.41) is 5.17. The van der Waals surface area contributed by atoms with Crippen molar-refractivity contribution in [3.05, 3.63) is 194 Å². The predicted octanol–water partition coefficient (Wildman–Crippen LogP) is 15.2. The molecule has 0 atom stereocenters. The van der Waals surface area contributed by atoms with Crippen molar-refractivity contribution in [2.75, 3.05) is 0 Å². The maximum atomic E-state index is 5.29. The van der Waals surface area contributed by atoms with E-state index in [2.05, 4.69) is 176 Å². The van der Waals surface area contributed by atoms with Crippen LogP contribution in [0.4, 0.5) is 0 Å². The fraction of sp³-hybridized carbons (Fsp3) is 0. The molecule has 0 aliphatic rings. The Balaban J connectivity index is 1.11. The molecule has 3 aromatic heterocycles. The summed E-state index contributed by atoms with van der Waals surface area (Å²) < 4.78 is 5.22. The molecule has 0 amide bonds. The van der Waals surface area contributed by atoms with E-state index in [0.29, 0.717) is 5.82 Å². The molecule has 0 aliphatic carbocycles. The molecular formula is C52H32N2S2. The molecule has 8 aromatic carbocycles.